The fourth-order valence-corrected chi connectivity index (χ4v) is 2.44. The van der Waals surface area contributed by atoms with E-state index < -0.39 is 11.3 Å². The number of hydrogen-bond acceptors (Lipinski definition) is 4. The van der Waals surface area contributed by atoms with Crippen LogP contribution >= 0.6 is 0 Å². The zero-order valence-corrected chi connectivity index (χ0v) is 12.5. The van der Waals surface area contributed by atoms with E-state index in [-0.39, 0.29) is 12.1 Å². The standard InChI is InChI=1S/C16H22N2O2/c1-12(13-8-6-5-7-9-13)18-16(4,11-17)14-10-19-15(2,3)20-14/h5-9,12,14,18H,10H2,1-4H3/t12-,14+,16+/m0/s1. The van der Waals surface area contributed by atoms with Crippen LogP contribution in [0.1, 0.15) is 39.3 Å². The molecule has 0 radical (unpaired) electrons. The minimum atomic E-state index is -0.789. The van der Waals surface area contributed by atoms with Crippen LogP contribution in [0.5, 0.6) is 0 Å². The van der Waals surface area contributed by atoms with E-state index in [9.17, 15) is 5.26 Å². The Morgan fingerprint density at radius 3 is 2.55 bits per heavy atom. The van der Waals surface area contributed by atoms with Crippen molar-refractivity contribution >= 4 is 0 Å². The molecule has 0 aliphatic carbocycles. The van der Waals surface area contributed by atoms with Crippen LogP contribution < -0.4 is 5.32 Å². The molecule has 1 heterocycles. The quantitative estimate of drug-likeness (QED) is 0.917. The number of ether oxygens (including phenoxy) is 2. The van der Waals surface area contributed by atoms with Crippen LogP contribution in [0.15, 0.2) is 30.3 Å². The molecule has 1 saturated heterocycles. The van der Waals surface area contributed by atoms with Gasteiger partial charge in [0.1, 0.15) is 11.6 Å². The van der Waals surface area contributed by atoms with Gasteiger partial charge in [-0.05, 0) is 33.3 Å². The van der Waals surface area contributed by atoms with E-state index in [1.165, 1.54) is 0 Å². The zero-order valence-electron chi connectivity index (χ0n) is 12.5. The molecule has 0 aromatic heterocycles. The first-order valence-electron chi connectivity index (χ1n) is 6.92. The largest absolute Gasteiger partial charge is 0.348 e. The minimum absolute atomic E-state index is 0.0631. The number of nitrogens with zero attached hydrogens (tertiary/aromatic N) is 1. The third-order valence-electron chi connectivity index (χ3n) is 3.70. The second kappa shape index (κ2) is 5.53. The molecule has 0 bridgehead atoms. The number of nitrogens with one attached hydrogen (secondary N) is 1. The smallest absolute Gasteiger partial charge is 0.163 e. The van der Waals surface area contributed by atoms with Gasteiger partial charge >= 0.3 is 0 Å². The third-order valence-corrected chi connectivity index (χ3v) is 3.70. The Bertz CT molecular complexity index is 495. The average molecular weight is 274 g/mol. The number of benzene rings is 1. The van der Waals surface area contributed by atoms with E-state index >= 15 is 0 Å². The fourth-order valence-electron chi connectivity index (χ4n) is 2.44. The van der Waals surface area contributed by atoms with E-state index in [0.29, 0.717) is 6.61 Å². The zero-order chi connectivity index (χ0) is 14.8. The lowest BCUT2D eigenvalue weighted by atomic mass is 9.94. The lowest BCUT2D eigenvalue weighted by molar-refractivity contribution is -0.144. The van der Waals surface area contributed by atoms with Crippen molar-refractivity contribution in [3.63, 3.8) is 0 Å². The summed E-state index contributed by atoms with van der Waals surface area (Å²) in [5.74, 6) is -0.625. The molecule has 2 rings (SSSR count). The van der Waals surface area contributed by atoms with Gasteiger partial charge in [0.05, 0.1) is 12.7 Å². The summed E-state index contributed by atoms with van der Waals surface area (Å²) in [5, 5.41) is 12.9. The number of hydrogen-bond donors (Lipinski definition) is 1. The van der Waals surface area contributed by atoms with Gasteiger partial charge in [0, 0.05) is 6.04 Å². The summed E-state index contributed by atoms with van der Waals surface area (Å²) in [6, 6.07) is 12.5. The molecule has 0 amide bonds. The van der Waals surface area contributed by atoms with Gasteiger partial charge in [-0.3, -0.25) is 5.32 Å². The Labute approximate surface area is 120 Å². The first-order valence-corrected chi connectivity index (χ1v) is 6.92. The second-order valence-electron chi connectivity index (χ2n) is 5.91. The Morgan fingerprint density at radius 1 is 1.40 bits per heavy atom. The average Bonchev–Trinajstić information content (AvgIpc) is 2.80. The van der Waals surface area contributed by atoms with Crippen LogP contribution in [-0.4, -0.2) is 24.0 Å². The van der Waals surface area contributed by atoms with Crippen molar-refractivity contribution in [1.29, 1.82) is 5.26 Å². The summed E-state index contributed by atoms with van der Waals surface area (Å²) in [4.78, 5) is 0. The van der Waals surface area contributed by atoms with Crippen molar-refractivity contribution in [3.05, 3.63) is 35.9 Å². The van der Waals surface area contributed by atoms with Gasteiger partial charge in [0.15, 0.2) is 5.79 Å². The van der Waals surface area contributed by atoms with Crippen LogP contribution in [0.25, 0.3) is 0 Å². The Morgan fingerprint density at radius 2 is 2.05 bits per heavy atom. The normalized spacial score (nSPS) is 25.6. The van der Waals surface area contributed by atoms with Gasteiger partial charge in [-0.1, -0.05) is 30.3 Å². The monoisotopic (exact) mass is 274 g/mol. The topological polar surface area (TPSA) is 54.3 Å². The Kier molecular flexibility index (Phi) is 4.14. The van der Waals surface area contributed by atoms with E-state index in [1.54, 1.807) is 0 Å². The summed E-state index contributed by atoms with van der Waals surface area (Å²) >= 11 is 0. The molecule has 0 unspecified atom stereocenters. The molecule has 0 spiro atoms. The summed E-state index contributed by atoms with van der Waals surface area (Å²) in [7, 11) is 0. The Hall–Kier alpha value is -1.41. The van der Waals surface area contributed by atoms with Crippen molar-refractivity contribution in [2.45, 2.75) is 51.2 Å². The van der Waals surface area contributed by atoms with Crippen molar-refractivity contribution < 1.29 is 9.47 Å². The molecule has 20 heavy (non-hydrogen) atoms. The highest BCUT2D eigenvalue weighted by molar-refractivity contribution is 5.21. The highest BCUT2D eigenvalue weighted by Gasteiger charge is 2.45. The molecule has 4 heteroatoms. The van der Waals surface area contributed by atoms with E-state index in [1.807, 2.05) is 58.0 Å². The maximum absolute atomic E-state index is 9.56. The molecule has 1 N–H and O–H groups in total. The van der Waals surface area contributed by atoms with Gasteiger partial charge in [0.2, 0.25) is 0 Å². The fraction of sp³-hybridized carbons (Fsp3) is 0.562. The first-order chi connectivity index (χ1) is 9.36. The minimum Gasteiger partial charge on any atom is -0.348 e. The third kappa shape index (κ3) is 3.18. The van der Waals surface area contributed by atoms with Crippen molar-refractivity contribution in [2.24, 2.45) is 0 Å². The maximum atomic E-state index is 9.56. The SMILES string of the molecule is C[C@H](N[C@](C)(C#N)[C@H]1COC(C)(C)O1)c1ccccc1. The van der Waals surface area contributed by atoms with Gasteiger partial charge in [0.25, 0.3) is 0 Å². The summed E-state index contributed by atoms with van der Waals surface area (Å²) in [6.07, 6.45) is -0.284. The molecular formula is C16H22N2O2. The molecule has 3 atom stereocenters. The molecular weight excluding hydrogens is 252 g/mol. The molecule has 1 aliphatic rings. The van der Waals surface area contributed by atoms with Crippen LogP contribution in [0.4, 0.5) is 0 Å². The summed E-state index contributed by atoms with van der Waals surface area (Å²) in [6.45, 7) is 8.07. The lowest BCUT2D eigenvalue weighted by Gasteiger charge is -2.32. The number of nitriles is 1. The predicted octanol–water partition coefficient (Wildman–Crippen LogP) is 2.77. The molecule has 1 aromatic rings. The van der Waals surface area contributed by atoms with Crippen LogP contribution in [0, 0.1) is 11.3 Å². The van der Waals surface area contributed by atoms with E-state index in [2.05, 4.69) is 11.4 Å². The van der Waals surface area contributed by atoms with Crippen molar-refractivity contribution in [3.8, 4) is 6.07 Å². The van der Waals surface area contributed by atoms with Gasteiger partial charge < -0.3 is 9.47 Å². The highest BCUT2D eigenvalue weighted by Crippen LogP contribution is 2.30. The molecule has 4 nitrogen and oxygen atoms in total. The van der Waals surface area contributed by atoms with Gasteiger partial charge in [-0.25, -0.2) is 0 Å². The van der Waals surface area contributed by atoms with E-state index in [0.717, 1.165) is 5.56 Å². The number of rotatable bonds is 4. The molecule has 0 saturated carbocycles. The van der Waals surface area contributed by atoms with Crippen LogP contribution in [0.3, 0.4) is 0 Å². The van der Waals surface area contributed by atoms with Gasteiger partial charge in [-0.2, -0.15) is 5.26 Å². The molecule has 108 valence electrons. The maximum Gasteiger partial charge on any atom is 0.163 e. The van der Waals surface area contributed by atoms with Crippen molar-refractivity contribution in [1.82, 2.24) is 5.32 Å². The first kappa shape index (κ1) is 15.0. The van der Waals surface area contributed by atoms with Crippen LogP contribution in [0.2, 0.25) is 0 Å². The second-order valence-corrected chi connectivity index (χ2v) is 5.91. The van der Waals surface area contributed by atoms with Gasteiger partial charge in [-0.15, -0.1) is 0 Å². The summed E-state index contributed by atoms with van der Waals surface area (Å²) in [5.41, 5.74) is 0.357. The molecule has 1 aliphatic heterocycles. The molecule has 1 fully saturated rings. The lowest BCUT2D eigenvalue weighted by Crippen LogP contribution is -2.53. The highest BCUT2D eigenvalue weighted by atomic mass is 16.7. The predicted molar refractivity (Wildman–Crippen MR) is 76.9 cm³/mol. The molecule has 1 aromatic carbocycles. The van der Waals surface area contributed by atoms with E-state index in [4.69, 9.17) is 9.47 Å². The summed E-state index contributed by atoms with van der Waals surface area (Å²) < 4.78 is 11.4. The Balaban J connectivity index is 2.11. The van der Waals surface area contributed by atoms with Crippen LogP contribution in [-0.2, 0) is 9.47 Å². The van der Waals surface area contributed by atoms with Crippen molar-refractivity contribution in [2.75, 3.05) is 6.61 Å².